The fourth-order valence-electron chi connectivity index (χ4n) is 2.14. The van der Waals surface area contributed by atoms with Gasteiger partial charge in [0.2, 0.25) is 0 Å². The topological polar surface area (TPSA) is 82.1 Å². The van der Waals surface area contributed by atoms with Gasteiger partial charge >= 0.3 is 5.97 Å². The molecule has 0 spiro atoms. The Balaban J connectivity index is 2.27. The Kier molecular flexibility index (Phi) is 6.71. The first-order valence-electron chi connectivity index (χ1n) is 7.23. The van der Waals surface area contributed by atoms with Crippen molar-refractivity contribution in [1.29, 1.82) is 0 Å². The van der Waals surface area contributed by atoms with Crippen LogP contribution in [0.1, 0.15) is 12.5 Å². The Hall–Kier alpha value is -1.75. The zero-order valence-corrected chi connectivity index (χ0v) is 16.8. The summed E-state index contributed by atoms with van der Waals surface area (Å²) in [6.07, 6.45) is 1.58. The van der Waals surface area contributed by atoms with Gasteiger partial charge in [-0.25, -0.2) is 0 Å². The van der Waals surface area contributed by atoms with Crippen molar-refractivity contribution in [2.75, 3.05) is 27.4 Å². The quantitative estimate of drug-likeness (QED) is 0.354. The predicted molar refractivity (Wildman–Crippen MR) is 102 cm³/mol. The van der Waals surface area contributed by atoms with E-state index in [1.807, 2.05) is 0 Å². The molecule has 0 saturated carbocycles. The SMILES string of the molecule is CCOC(=O)CN1C(=O)SC(=Cc2cc(I)c(OC)c(OC)c2)C1=O. The van der Waals surface area contributed by atoms with Crippen LogP contribution in [-0.4, -0.2) is 49.4 Å². The summed E-state index contributed by atoms with van der Waals surface area (Å²) < 4.78 is 16.1. The lowest BCUT2D eigenvalue weighted by molar-refractivity contribution is -0.145. The number of amides is 2. The lowest BCUT2D eigenvalue weighted by Gasteiger charge is -2.11. The van der Waals surface area contributed by atoms with Gasteiger partial charge in [0.05, 0.1) is 29.3 Å². The first-order valence-corrected chi connectivity index (χ1v) is 9.13. The van der Waals surface area contributed by atoms with Crippen LogP contribution in [0.15, 0.2) is 17.0 Å². The van der Waals surface area contributed by atoms with E-state index in [0.29, 0.717) is 17.1 Å². The maximum Gasteiger partial charge on any atom is 0.326 e. The summed E-state index contributed by atoms with van der Waals surface area (Å²) in [5.41, 5.74) is 0.684. The Morgan fingerprint density at radius 1 is 1.28 bits per heavy atom. The molecule has 1 fully saturated rings. The molecule has 134 valence electrons. The van der Waals surface area contributed by atoms with Crippen LogP contribution in [0.3, 0.4) is 0 Å². The van der Waals surface area contributed by atoms with Gasteiger partial charge in [-0.3, -0.25) is 19.3 Å². The highest BCUT2D eigenvalue weighted by Gasteiger charge is 2.36. The predicted octanol–water partition coefficient (Wildman–Crippen LogP) is 2.91. The third kappa shape index (κ3) is 4.46. The van der Waals surface area contributed by atoms with Crippen LogP contribution < -0.4 is 9.47 Å². The van der Waals surface area contributed by atoms with Crippen LogP contribution >= 0.6 is 34.4 Å². The summed E-state index contributed by atoms with van der Waals surface area (Å²) in [5, 5.41) is -0.500. The number of esters is 1. The molecule has 25 heavy (non-hydrogen) atoms. The molecule has 0 aromatic heterocycles. The van der Waals surface area contributed by atoms with E-state index in [-0.39, 0.29) is 18.1 Å². The number of carbonyl (C=O) groups is 3. The molecule has 1 aliphatic heterocycles. The molecule has 2 amide bonds. The van der Waals surface area contributed by atoms with Gasteiger partial charge in [0.15, 0.2) is 11.5 Å². The first kappa shape index (κ1) is 19.6. The molecular formula is C16H16INO6S. The van der Waals surface area contributed by atoms with Crippen LogP contribution in [0, 0.1) is 3.57 Å². The van der Waals surface area contributed by atoms with Gasteiger partial charge in [-0.1, -0.05) is 0 Å². The molecule has 0 unspecified atom stereocenters. The van der Waals surface area contributed by atoms with Crippen LogP contribution in [0.4, 0.5) is 4.79 Å². The smallest absolute Gasteiger partial charge is 0.326 e. The third-order valence-electron chi connectivity index (χ3n) is 3.22. The van der Waals surface area contributed by atoms with Crippen molar-refractivity contribution in [2.24, 2.45) is 0 Å². The number of halogens is 1. The van der Waals surface area contributed by atoms with E-state index in [1.54, 1.807) is 32.2 Å². The van der Waals surface area contributed by atoms with E-state index >= 15 is 0 Å². The molecule has 9 heteroatoms. The summed E-state index contributed by atoms with van der Waals surface area (Å²) in [4.78, 5) is 37.0. The average molecular weight is 477 g/mol. The molecule has 0 aliphatic carbocycles. The van der Waals surface area contributed by atoms with E-state index in [4.69, 9.17) is 14.2 Å². The van der Waals surface area contributed by atoms with Gasteiger partial charge in [-0.05, 0) is 65.0 Å². The van der Waals surface area contributed by atoms with Crippen LogP contribution in [0.5, 0.6) is 11.5 Å². The molecule has 1 aromatic rings. The second-order valence-corrected chi connectivity index (χ2v) is 6.97. The first-order chi connectivity index (χ1) is 11.9. The minimum absolute atomic E-state index is 0.189. The molecule has 1 saturated heterocycles. The summed E-state index contributed by atoms with van der Waals surface area (Å²) in [6.45, 7) is 1.46. The van der Waals surface area contributed by atoms with Crippen molar-refractivity contribution in [3.8, 4) is 11.5 Å². The van der Waals surface area contributed by atoms with Gasteiger partial charge in [-0.2, -0.15) is 0 Å². The molecule has 2 rings (SSSR count). The number of hydrogen-bond donors (Lipinski definition) is 0. The Bertz CT molecular complexity index is 748. The van der Waals surface area contributed by atoms with E-state index in [2.05, 4.69) is 22.6 Å². The second-order valence-electron chi connectivity index (χ2n) is 4.81. The van der Waals surface area contributed by atoms with Gasteiger partial charge < -0.3 is 14.2 Å². The standard InChI is InChI=1S/C16H16INO6S/c1-4-24-13(19)8-18-15(20)12(25-16(18)21)7-9-5-10(17)14(23-3)11(6-9)22-2/h5-7H,4,8H2,1-3H3. The minimum atomic E-state index is -0.619. The van der Waals surface area contributed by atoms with Gasteiger partial charge in [0.25, 0.3) is 11.1 Å². The molecule has 1 aliphatic rings. The average Bonchev–Trinajstić information content (AvgIpc) is 2.82. The zero-order valence-electron chi connectivity index (χ0n) is 13.8. The number of hydrogen-bond acceptors (Lipinski definition) is 7. The minimum Gasteiger partial charge on any atom is -0.493 e. The maximum absolute atomic E-state index is 12.4. The summed E-state index contributed by atoms with van der Waals surface area (Å²) in [5.74, 6) is -0.0263. The number of carbonyl (C=O) groups excluding carboxylic acids is 3. The molecular weight excluding hydrogens is 461 g/mol. The number of benzene rings is 1. The molecule has 0 bridgehead atoms. The molecule has 0 atom stereocenters. The monoisotopic (exact) mass is 477 g/mol. The number of thioether (sulfide) groups is 1. The van der Waals surface area contributed by atoms with Gasteiger partial charge in [-0.15, -0.1) is 0 Å². The van der Waals surface area contributed by atoms with E-state index in [0.717, 1.165) is 20.2 Å². The summed E-state index contributed by atoms with van der Waals surface area (Å²) in [7, 11) is 3.06. The number of nitrogens with zero attached hydrogens (tertiary/aromatic N) is 1. The molecule has 0 radical (unpaired) electrons. The second kappa shape index (κ2) is 8.56. The Morgan fingerprint density at radius 2 is 2.00 bits per heavy atom. The lowest BCUT2D eigenvalue weighted by Crippen LogP contribution is -2.34. The van der Waals surface area contributed by atoms with Crippen molar-refractivity contribution in [3.05, 3.63) is 26.2 Å². The number of rotatable bonds is 6. The van der Waals surface area contributed by atoms with E-state index < -0.39 is 17.1 Å². The molecule has 7 nitrogen and oxygen atoms in total. The van der Waals surface area contributed by atoms with Crippen molar-refractivity contribution in [2.45, 2.75) is 6.92 Å². The zero-order chi connectivity index (χ0) is 18.6. The highest BCUT2D eigenvalue weighted by atomic mass is 127. The Labute approximate surface area is 162 Å². The van der Waals surface area contributed by atoms with E-state index in [9.17, 15) is 14.4 Å². The highest BCUT2D eigenvalue weighted by molar-refractivity contribution is 14.1. The lowest BCUT2D eigenvalue weighted by atomic mass is 10.2. The molecule has 1 heterocycles. The van der Waals surface area contributed by atoms with Crippen molar-refractivity contribution >= 4 is 57.5 Å². The summed E-state index contributed by atoms with van der Waals surface area (Å²) >= 11 is 2.88. The van der Waals surface area contributed by atoms with Crippen molar-refractivity contribution < 1.29 is 28.6 Å². The summed E-state index contributed by atoms with van der Waals surface area (Å²) in [6, 6.07) is 3.52. The third-order valence-corrected chi connectivity index (χ3v) is 4.93. The Morgan fingerprint density at radius 3 is 2.60 bits per heavy atom. The van der Waals surface area contributed by atoms with E-state index in [1.165, 1.54) is 7.11 Å². The van der Waals surface area contributed by atoms with Crippen molar-refractivity contribution in [3.63, 3.8) is 0 Å². The largest absolute Gasteiger partial charge is 0.493 e. The highest BCUT2D eigenvalue weighted by Crippen LogP contribution is 2.36. The van der Waals surface area contributed by atoms with Crippen molar-refractivity contribution in [1.82, 2.24) is 4.90 Å². The molecule has 1 aromatic carbocycles. The fraction of sp³-hybridized carbons (Fsp3) is 0.312. The number of methoxy groups -OCH3 is 2. The van der Waals surface area contributed by atoms with Gasteiger partial charge in [0, 0.05) is 0 Å². The normalized spacial score (nSPS) is 15.7. The van der Waals surface area contributed by atoms with Crippen LogP contribution in [-0.2, 0) is 14.3 Å². The van der Waals surface area contributed by atoms with Crippen LogP contribution in [0.25, 0.3) is 6.08 Å². The molecule has 0 N–H and O–H groups in total. The maximum atomic E-state index is 12.4. The van der Waals surface area contributed by atoms with Crippen LogP contribution in [0.2, 0.25) is 0 Å². The number of ether oxygens (including phenoxy) is 3. The fourth-order valence-corrected chi connectivity index (χ4v) is 3.83. The van der Waals surface area contributed by atoms with Gasteiger partial charge in [0.1, 0.15) is 6.54 Å². The number of imide groups is 1.